The Bertz CT molecular complexity index is 947. The number of rotatable bonds is 9. The number of carbonyl (C=O) groups is 3. The fraction of sp³-hybridized carbons (Fsp3) is 0.318. The van der Waals surface area contributed by atoms with Gasteiger partial charge in [0.15, 0.2) is 12.4 Å². The number of nitrogens with one attached hydrogen (secondary N) is 1. The molecule has 30 heavy (non-hydrogen) atoms. The minimum absolute atomic E-state index is 0.0444. The summed E-state index contributed by atoms with van der Waals surface area (Å²) in [5, 5.41) is 12.0. The lowest BCUT2D eigenvalue weighted by Gasteiger charge is -2.19. The van der Waals surface area contributed by atoms with Crippen molar-refractivity contribution in [3.05, 3.63) is 59.4 Å². The summed E-state index contributed by atoms with van der Waals surface area (Å²) in [6.45, 7) is 0.414. The van der Waals surface area contributed by atoms with Crippen LogP contribution in [-0.4, -0.2) is 47.5 Å². The Morgan fingerprint density at radius 1 is 1.13 bits per heavy atom. The lowest BCUT2D eigenvalue weighted by atomic mass is 10.0. The van der Waals surface area contributed by atoms with Crippen LogP contribution in [-0.2, 0) is 11.2 Å². The second kappa shape index (κ2) is 9.87. The van der Waals surface area contributed by atoms with Gasteiger partial charge >= 0.3 is 6.09 Å². The maximum Gasteiger partial charge on any atom is 0.407 e. The smallest absolute Gasteiger partial charge is 0.407 e. The number of nitrogens with zero attached hydrogens (tertiary/aromatic N) is 1. The molecule has 0 fully saturated rings. The molecule has 2 aromatic rings. The first-order chi connectivity index (χ1) is 14.4. The van der Waals surface area contributed by atoms with Crippen molar-refractivity contribution in [2.45, 2.75) is 25.7 Å². The first-order valence-electron chi connectivity index (χ1n) is 9.75. The van der Waals surface area contributed by atoms with Crippen molar-refractivity contribution in [2.24, 2.45) is 0 Å². The molecular formula is C22H23FN2O5. The molecule has 8 heteroatoms. The number of Topliss-reactive ketones (excluding diaryl/α,β-unsaturated/α-hetero) is 1. The second-order valence-electron chi connectivity index (χ2n) is 7.04. The topological polar surface area (TPSA) is 95.9 Å². The molecule has 0 saturated carbocycles. The molecule has 1 aliphatic heterocycles. The zero-order valence-corrected chi connectivity index (χ0v) is 16.4. The van der Waals surface area contributed by atoms with E-state index in [1.165, 1.54) is 11.0 Å². The normalized spacial score (nSPS) is 12.5. The lowest BCUT2D eigenvalue weighted by Crippen LogP contribution is -2.32. The van der Waals surface area contributed by atoms with Gasteiger partial charge in [-0.1, -0.05) is 18.2 Å². The number of unbranched alkanes of at least 4 members (excludes halogenated alkanes) is 1. The maximum absolute atomic E-state index is 13.7. The number of hydrogen-bond acceptors (Lipinski definition) is 4. The maximum atomic E-state index is 13.7. The SMILES string of the molecule is O=C1COc2ccc(C(=O)CCCCN(CCc3ccccc3F)C(=O)O)cc2N1. The van der Waals surface area contributed by atoms with Crippen LogP contribution in [0.4, 0.5) is 14.9 Å². The number of benzene rings is 2. The number of halogens is 1. The van der Waals surface area contributed by atoms with Crippen molar-refractivity contribution in [1.29, 1.82) is 0 Å². The van der Waals surface area contributed by atoms with Gasteiger partial charge in [0.25, 0.3) is 5.91 Å². The van der Waals surface area contributed by atoms with E-state index in [0.717, 1.165) is 0 Å². The molecule has 0 aromatic heterocycles. The Hall–Kier alpha value is -3.42. The number of ketones is 1. The van der Waals surface area contributed by atoms with E-state index < -0.39 is 6.09 Å². The van der Waals surface area contributed by atoms with Gasteiger partial charge in [-0.25, -0.2) is 9.18 Å². The number of amides is 2. The molecule has 0 radical (unpaired) electrons. The summed E-state index contributed by atoms with van der Waals surface area (Å²) < 4.78 is 19.0. The number of carbonyl (C=O) groups excluding carboxylic acids is 2. The first-order valence-corrected chi connectivity index (χ1v) is 9.75. The van der Waals surface area contributed by atoms with Crippen LogP contribution in [0.5, 0.6) is 5.75 Å². The molecule has 0 bridgehead atoms. The second-order valence-corrected chi connectivity index (χ2v) is 7.04. The van der Waals surface area contributed by atoms with E-state index in [1.807, 2.05) is 0 Å². The molecule has 7 nitrogen and oxygen atoms in total. The van der Waals surface area contributed by atoms with Crippen LogP contribution in [0.1, 0.15) is 35.2 Å². The first kappa shape index (κ1) is 21.3. The average molecular weight is 414 g/mol. The molecule has 2 aromatic carbocycles. The van der Waals surface area contributed by atoms with Crippen LogP contribution in [0.2, 0.25) is 0 Å². The molecule has 158 valence electrons. The molecule has 2 N–H and O–H groups in total. The minimum atomic E-state index is -1.07. The summed E-state index contributed by atoms with van der Waals surface area (Å²) in [6, 6.07) is 11.2. The molecule has 1 aliphatic rings. The minimum Gasteiger partial charge on any atom is -0.482 e. The monoisotopic (exact) mass is 414 g/mol. The van der Waals surface area contributed by atoms with Gasteiger partial charge in [0, 0.05) is 25.1 Å². The standard InChI is InChI=1S/C22H23FN2O5/c23-17-6-2-1-5-15(17)10-12-25(22(28)29)11-4-3-7-19(26)16-8-9-20-18(13-16)24-21(27)14-30-20/h1-2,5-6,8-9,13H,3-4,7,10-12,14H2,(H,24,27)(H,28,29). The van der Waals surface area contributed by atoms with Gasteiger partial charge in [0.1, 0.15) is 11.6 Å². The highest BCUT2D eigenvalue weighted by molar-refractivity contribution is 6.00. The molecular weight excluding hydrogens is 391 g/mol. The van der Waals surface area contributed by atoms with Crippen molar-refractivity contribution in [2.75, 3.05) is 25.0 Å². The Balaban J connectivity index is 1.46. The summed E-state index contributed by atoms with van der Waals surface area (Å²) in [5.74, 6) is -0.180. The highest BCUT2D eigenvalue weighted by Crippen LogP contribution is 2.29. The van der Waals surface area contributed by atoms with Crippen LogP contribution < -0.4 is 10.1 Å². The van der Waals surface area contributed by atoms with Gasteiger partial charge in [-0.05, 0) is 49.1 Å². The number of anilines is 1. The molecule has 0 atom stereocenters. The lowest BCUT2D eigenvalue weighted by molar-refractivity contribution is -0.118. The van der Waals surface area contributed by atoms with Gasteiger partial charge in [-0.3, -0.25) is 9.59 Å². The molecule has 3 rings (SSSR count). The summed E-state index contributed by atoms with van der Waals surface area (Å²) in [5.41, 5.74) is 1.42. The van der Waals surface area contributed by atoms with Crippen molar-refractivity contribution in [1.82, 2.24) is 4.90 Å². The molecule has 0 saturated heterocycles. The highest BCUT2D eigenvalue weighted by Gasteiger charge is 2.18. The van der Waals surface area contributed by atoms with Crippen molar-refractivity contribution in [3.63, 3.8) is 0 Å². The summed E-state index contributed by atoms with van der Waals surface area (Å²) in [4.78, 5) is 36.5. The third-order valence-electron chi connectivity index (χ3n) is 4.90. The zero-order chi connectivity index (χ0) is 21.5. The van der Waals surface area contributed by atoms with Crippen molar-refractivity contribution in [3.8, 4) is 5.75 Å². The van der Waals surface area contributed by atoms with E-state index >= 15 is 0 Å². The van der Waals surface area contributed by atoms with Gasteiger partial charge in [0.05, 0.1) is 5.69 Å². The van der Waals surface area contributed by atoms with E-state index in [9.17, 15) is 23.9 Å². The molecule has 0 aliphatic carbocycles. The predicted molar refractivity (Wildman–Crippen MR) is 108 cm³/mol. The summed E-state index contributed by atoms with van der Waals surface area (Å²) in [6.07, 6.45) is 0.514. The van der Waals surface area contributed by atoms with E-state index in [2.05, 4.69) is 5.32 Å². The van der Waals surface area contributed by atoms with E-state index in [0.29, 0.717) is 41.8 Å². The number of hydrogen-bond donors (Lipinski definition) is 2. The molecule has 2 amide bonds. The Morgan fingerprint density at radius 3 is 2.70 bits per heavy atom. The Morgan fingerprint density at radius 2 is 1.93 bits per heavy atom. The van der Waals surface area contributed by atoms with Crippen molar-refractivity contribution >= 4 is 23.5 Å². The van der Waals surface area contributed by atoms with Crippen LogP contribution >= 0.6 is 0 Å². The van der Waals surface area contributed by atoms with Crippen LogP contribution in [0.25, 0.3) is 0 Å². The van der Waals surface area contributed by atoms with Gasteiger partial charge in [-0.2, -0.15) is 0 Å². The van der Waals surface area contributed by atoms with Gasteiger partial charge < -0.3 is 20.1 Å². The Kier molecular flexibility index (Phi) is 7.00. The fourth-order valence-corrected chi connectivity index (χ4v) is 3.25. The molecule has 0 spiro atoms. The summed E-state index contributed by atoms with van der Waals surface area (Å²) in [7, 11) is 0. The number of fused-ring (bicyclic) bond motifs is 1. The fourth-order valence-electron chi connectivity index (χ4n) is 3.25. The summed E-state index contributed by atoms with van der Waals surface area (Å²) >= 11 is 0. The Labute approximate surface area is 173 Å². The van der Waals surface area contributed by atoms with Crippen molar-refractivity contribution < 1.29 is 28.6 Å². The average Bonchev–Trinajstić information content (AvgIpc) is 2.73. The number of carboxylic acid groups (broad SMARTS) is 1. The highest BCUT2D eigenvalue weighted by atomic mass is 19.1. The number of ether oxygens (including phenoxy) is 1. The zero-order valence-electron chi connectivity index (χ0n) is 16.4. The van der Waals surface area contributed by atoms with Crippen LogP contribution in [0.3, 0.4) is 0 Å². The van der Waals surface area contributed by atoms with Gasteiger partial charge in [0.2, 0.25) is 0 Å². The largest absolute Gasteiger partial charge is 0.482 e. The molecule has 1 heterocycles. The van der Waals surface area contributed by atoms with Crippen LogP contribution in [0.15, 0.2) is 42.5 Å². The van der Waals surface area contributed by atoms with E-state index in [-0.39, 0.29) is 43.6 Å². The van der Waals surface area contributed by atoms with Crippen LogP contribution in [0, 0.1) is 5.82 Å². The predicted octanol–water partition coefficient (Wildman–Crippen LogP) is 3.73. The molecule has 0 unspecified atom stereocenters. The van der Waals surface area contributed by atoms with E-state index in [4.69, 9.17) is 4.74 Å². The third-order valence-corrected chi connectivity index (χ3v) is 4.90. The third kappa shape index (κ3) is 5.56. The van der Waals surface area contributed by atoms with E-state index in [1.54, 1.807) is 36.4 Å². The quantitative estimate of drug-likeness (QED) is 0.481. The van der Waals surface area contributed by atoms with Gasteiger partial charge in [-0.15, -0.1) is 0 Å².